The maximum Gasteiger partial charge on any atom is 0.294 e. The molecular weight excluding hydrogens is 390 g/mol. The van der Waals surface area contributed by atoms with Gasteiger partial charge in [0.1, 0.15) is 11.9 Å². The lowest BCUT2D eigenvalue weighted by Crippen LogP contribution is -2.29. The topological polar surface area (TPSA) is 96.7 Å². The minimum atomic E-state index is -4.20. The van der Waals surface area contributed by atoms with Crippen LogP contribution in [0.3, 0.4) is 0 Å². The van der Waals surface area contributed by atoms with Crippen LogP contribution in [-0.4, -0.2) is 35.3 Å². The molecule has 0 aliphatic rings. The second kappa shape index (κ2) is 9.17. The van der Waals surface area contributed by atoms with Crippen molar-refractivity contribution in [3.8, 4) is 16.9 Å². The van der Waals surface area contributed by atoms with Crippen LogP contribution < -0.4 is 4.74 Å². The summed E-state index contributed by atoms with van der Waals surface area (Å²) in [5.41, 5.74) is 2.76. The Labute approximate surface area is 170 Å². The average molecular weight is 413 g/mol. The SMILES string of the molecule is C[C@H](Oc1ccc(-c2ccc(S(=O)(=O)O)cc2)cc1)[C@H](O)CCc1cccnc1. The van der Waals surface area contributed by atoms with Gasteiger partial charge in [-0.3, -0.25) is 9.54 Å². The number of pyridine rings is 1. The van der Waals surface area contributed by atoms with E-state index in [0.717, 1.165) is 23.1 Å². The molecule has 0 amide bonds. The standard InChI is InChI=1S/C22H23NO5S/c1-16(22(24)13-4-17-3-2-14-23-15-17)28-20-9-5-18(6-10-20)19-7-11-21(12-8-19)29(25,26)27/h2-3,5-12,14-16,22,24H,4,13H2,1H3,(H,25,26,27)/t16-,22+/m0/s1. The number of aliphatic hydroxyl groups excluding tert-OH is 1. The Bertz CT molecular complexity index is 1020. The Hall–Kier alpha value is -2.74. The molecule has 2 aromatic carbocycles. The van der Waals surface area contributed by atoms with Crippen LogP contribution in [-0.2, 0) is 16.5 Å². The van der Waals surface area contributed by atoms with Crippen molar-refractivity contribution >= 4 is 10.1 Å². The van der Waals surface area contributed by atoms with Crippen molar-refractivity contribution in [2.45, 2.75) is 36.9 Å². The van der Waals surface area contributed by atoms with Crippen molar-refractivity contribution < 1.29 is 22.8 Å². The lowest BCUT2D eigenvalue weighted by Gasteiger charge is -2.20. The summed E-state index contributed by atoms with van der Waals surface area (Å²) in [6, 6.07) is 17.1. The number of rotatable bonds is 8. The number of aryl methyl sites for hydroxylation is 1. The molecule has 29 heavy (non-hydrogen) atoms. The van der Waals surface area contributed by atoms with Crippen LogP contribution in [0.4, 0.5) is 0 Å². The van der Waals surface area contributed by atoms with Gasteiger partial charge in [0.05, 0.1) is 11.0 Å². The molecule has 0 saturated heterocycles. The molecule has 1 heterocycles. The van der Waals surface area contributed by atoms with Crippen LogP contribution in [0.1, 0.15) is 18.9 Å². The maximum absolute atomic E-state index is 11.1. The zero-order valence-corrected chi connectivity index (χ0v) is 16.8. The lowest BCUT2D eigenvalue weighted by atomic mass is 10.0. The number of aliphatic hydroxyl groups is 1. The predicted molar refractivity (Wildman–Crippen MR) is 110 cm³/mol. The minimum absolute atomic E-state index is 0.143. The Morgan fingerprint density at radius 1 is 1.00 bits per heavy atom. The number of hydrogen-bond acceptors (Lipinski definition) is 5. The molecule has 0 saturated carbocycles. The molecule has 0 spiro atoms. The van der Waals surface area contributed by atoms with Gasteiger partial charge in [-0.15, -0.1) is 0 Å². The monoisotopic (exact) mass is 413 g/mol. The van der Waals surface area contributed by atoms with Gasteiger partial charge in [0.15, 0.2) is 0 Å². The molecule has 3 aromatic rings. The Morgan fingerprint density at radius 3 is 2.17 bits per heavy atom. The molecule has 2 N–H and O–H groups in total. The fourth-order valence-corrected chi connectivity index (χ4v) is 3.41. The molecule has 7 heteroatoms. The molecule has 0 bridgehead atoms. The zero-order valence-electron chi connectivity index (χ0n) is 16.0. The van der Waals surface area contributed by atoms with Crippen molar-refractivity contribution in [2.24, 2.45) is 0 Å². The van der Waals surface area contributed by atoms with Crippen LogP contribution in [0.5, 0.6) is 5.75 Å². The van der Waals surface area contributed by atoms with E-state index in [0.29, 0.717) is 12.2 Å². The van der Waals surface area contributed by atoms with Crippen molar-refractivity contribution in [1.29, 1.82) is 0 Å². The Morgan fingerprint density at radius 2 is 1.62 bits per heavy atom. The number of nitrogens with zero attached hydrogens (tertiary/aromatic N) is 1. The summed E-state index contributed by atoms with van der Waals surface area (Å²) in [6.45, 7) is 1.83. The van der Waals surface area contributed by atoms with Gasteiger partial charge in [0.2, 0.25) is 0 Å². The van der Waals surface area contributed by atoms with Crippen LogP contribution in [0.15, 0.2) is 78.0 Å². The van der Waals surface area contributed by atoms with E-state index in [1.54, 1.807) is 36.7 Å². The van der Waals surface area contributed by atoms with E-state index in [1.165, 1.54) is 12.1 Å². The summed E-state index contributed by atoms with van der Waals surface area (Å²) in [5.74, 6) is 0.635. The van der Waals surface area contributed by atoms with E-state index in [-0.39, 0.29) is 11.0 Å². The Kier molecular flexibility index (Phi) is 6.64. The molecule has 0 aliphatic carbocycles. The van der Waals surface area contributed by atoms with Gasteiger partial charge in [0, 0.05) is 12.4 Å². The molecule has 0 radical (unpaired) electrons. The van der Waals surface area contributed by atoms with E-state index >= 15 is 0 Å². The molecular formula is C22H23NO5S. The van der Waals surface area contributed by atoms with E-state index < -0.39 is 16.2 Å². The van der Waals surface area contributed by atoms with Crippen molar-refractivity contribution in [3.05, 3.63) is 78.6 Å². The number of benzene rings is 2. The van der Waals surface area contributed by atoms with Gasteiger partial charge in [-0.05, 0) is 66.8 Å². The van der Waals surface area contributed by atoms with Crippen LogP contribution in [0.2, 0.25) is 0 Å². The second-order valence-corrected chi connectivity index (χ2v) is 8.24. The molecule has 3 rings (SSSR count). The van der Waals surface area contributed by atoms with E-state index in [1.807, 2.05) is 31.2 Å². The van der Waals surface area contributed by atoms with Crippen molar-refractivity contribution in [1.82, 2.24) is 4.98 Å². The van der Waals surface area contributed by atoms with Crippen LogP contribution >= 0.6 is 0 Å². The Balaban J connectivity index is 1.58. The highest BCUT2D eigenvalue weighted by molar-refractivity contribution is 7.85. The molecule has 2 atom stereocenters. The second-order valence-electron chi connectivity index (χ2n) is 6.81. The molecule has 1 aromatic heterocycles. The van der Waals surface area contributed by atoms with E-state index in [2.05, 4.69) is 4.98 Å². The molecule has 0 aliphatic heterocycles. The number of ether oxygens (including phenoxy) is 1. The fourth-order valence-electron chi connectivity index (χ4n) is 2.93. The van der Waals surface area contributed by atoms with Crippen molar-refractivity contribution in [3.63, 3.8) is 0 Å². The zero-order chi connectivity index (χ0) is 20.9. The van der Waals surface area contributed by atoms with Gasteiger partial charge in [-0.1, -0.05) is 30.3 Å². The summed E-state index contributed by atoms with van der Waals surface area (Å²) in [4.78, 5) is 3.93. The fraction of sp³-hybridized carbons (Fsp3) is 0.227. The summed E-state index contributed by atoms with van der Waals surface area (Å²) < 4.78 is 37.1. The van der Waals surface area contributed by atoms with Gasteiger partial charge in [-0.25, -0.2) is 0 Å². The molecule has 0 unspecified atom stereocenters. The first kappa shape index (κ1) is 21.0. The van der Waals surface area contributed by atoms with Gasteiger partial charge in [-0.2, -0.15) is 8.42 Å². The smallest absolute Gasteiger partial charge is 0.294 e. The quantitative estimate of drug-likeness (QED) is 0.546. The first-order valence-corrected chi connectivity index (χ1v) is 10.7. The normalized spacial score (nSPS) is 13.6. The largest absolute Gasteiger partial charge is 0.488 e. The van der Waals surface area contributed by atoms with E-state index in [9.17, 15) is 13.5 Å². The lowest BCUT2D eigenvalue weighted by molar-refractivity contribution is 0.0420. The first-order valence-electron chi connectivity index (χ1n) is 9.24. The molecule has 152 valence electrons. The summed E-state index contributed by atoms with van der Waals surface area (Å²) in [6.07, 6.45) is 3.83. The number of hydrogen-bond donors (Lipinski definition) is 2. The average Bonchev–Trinajstić information content (AvgIpc) is 2.73. The van der Waals surface area contributed by atoms with Crippen molar-refractivity contribution in [2.75, 3.05) is 0 Å². The van der Waals surface area contributed by atoms with Gasteiger partial charge in [0.25, 0.3) is 10.1 Å². The highest BCUT2D eigenvalue weighted by atomic mass is 32.2. The molecule has 0 fully saturated rings. The highest BCUT2D eigenvalue weighted by Crippen LogP contribution is 2.25. The van der Waals surface area contributed by atoms with Crippen LogP contribution in [0, 0.1) is 0 Å². The van der Waals surface area contributed by atoms with Crippen LogP contribution in [0.25, 0.3) is 11.1 Å². The summed E-state index contributed by atoms with van der Waals surface area (Å²) in [5, 5.41) is 10.3. The first-order chi connectivity index (χ1) is 13.8. The van der Waals surface area contributed by atoms with E-state index in [4.69, 9.17) is 9.29 Å². The summed E-state index contributed by atoms with van der Waals surface area (Å²) in [7, 11) is -4.20. The minimum Gasteiger partial charge on any atom is -0.488 e. The van der Waals surface area contributed by atoms with Gasteiger partial charge >= 0.3 is 0 Å². The third kappa shape index (κ3) is 5.87. The number of aromatic nitrogens is 1. The maximum atomic E-state index is 11.1. The third-order valence-corrected chi connectivity index (χ3v) is 5.52. The third-order valence-electron chi connectivity index (χ3n) is 4.66. The highest BCUT2D eigenvalue weighted by Gasteiger charge is 2.16. The predicted octanol–water partition coefficient (Wildman–Crippen LogP) is 3.76. The summed E-state index contributed by atoms with van der Waals surface area (Å²) >= 11 is 0. The van der Waals surface area contributed by atoms with Gasteiger partial charge < -0.3 is 9.84 Å². The molecule has 6 nitrogen and oxygen atoms in total.